The Kier molecular flexibility index (Phi) is 5.23. The summed E-state index contributed by atoms with van der Waals surface area (Å²) in [5, 5.41) is 3.59. The van der Waals surface area contributed by atoms with Gasteiger partial charge in [-0.05, 0) is 0 Å². The number of carbonyl (C=O) groups is 2. The second-order valence-electron chi connectivity index (χ2n) is 3.88. The van der Waals surface area contributed by atoms with Crippen molar-refractivity contribution in [3.63, 3.8) is 0 Å². The minimum absolute atomic E-state index is 0.226. The van der Waals surface area contributed by atoms with Gasteiger partial charge in [0, 0.05) is 20.4 Å². The van der Waals surface area contributed by atoms with E-state index in [0.29, 0.717) is 16.0 Å². The van der Waals surface area contributed by atoms with E-state index < -0.39 is 22.0 Å². The van der Waals surface area contributed by atoms with Crippen molar-refractivity contribution in [2.24, 2.45) is 4.99 Å². The number of terminal acetylenes is 1. The lowest BCUT2D eigenvalue weighted by atomic mass is 10.8. The molecule has 0 saturated heterocycles. The first-order chi connectivity index (χ1) is 9.66. The number of hydrogen-bond acceptors (Lipinski definition) is 7. The average molecular weight is 332 g/mol. The van der Waals surface area contributed by atoms with Gasteiger partial charge in [-0.25, -0.2) is 18.0 Å². The van der Waals surface area contributed by atoms with E-state index in [1.807, 2.05) is 0 Å². The monoisotopic (exact) mass is 332 g/mol. The van der Waals surface area contributed by atoms with Crippen LogP contribution in [0.15, 0.2) is 9.33 Å². The molecule has 9 nitrogen and oxygen atoms in total. The molecule has 0 aliphatic rings. The molecule has 1 rings (SSSR count). The van der Waals surface area contributed by atoms with Crippen LogP contribution in [0.2, 0.25) is 0 Å². The van der Waals surface area contributed by atoms with E-state index in [9.17, 15) is 18.0 Å². The van der Waals surface area contributed by atoms with Crippen molar-refractivity contribution in [2.45, 2.75) is 4.34 Å². The number of aromatic nitrogens is 2. The first-order valence-corrected chi connectivity index (χ1v) is 8.04. The predicted molar refractivity (Wildman–Crippen MR) is 73.4 cm³/mol. The molecule has 0 saturated carbocycles. The number of sulfone groups is 1. The first-order valence-electron chi connectivity index (χ1n) is 5.33. The Balaban J connectivity index is 3.41. The van der Waals surface area contributed by atoms with E-state index >= 15 is 0 Å². The fraction of sp³-hybridized carbons (Fsp3) is 0.400. The van der Waals surface area contributed by atoms with Gasteiger partial charge >= 0.3 is 12.1 Å². The Morgan fingerprint density at radius 2 is 2.14 bits per heavy atom. The van der Waals surface area contributed by atoms with Gasteiger partial charge in [0.15, 0.2) is 6.61 Å². The fourth-order valence-electron chi connectivity index (χ4n) is 0.951. The number of hydrogen-bond donors (Lipinski definition) is 0. The van der Waals surface area contributed by atoms with Gasteiger partial charge in [-0.1, -0.05) is 17.3 Å². The van der Waals surface area contributed by atoms with Crippen molar-refractivity contribution in [3.8, 4) is 12.3 Å². The largest absolute Gasteiger partial charge is 0.438 e. The Morgan fingerprint density at radius 1 is 1.52 bits per heavy atom. The van der Waals surface area contributed by atoms with Crippen LogP contribution in [0.5, 0.6) is 0 Å². The predicted octanol–water partition coefficient (Wildman–Crippen LogP) is -0.452. The van der Waals surface area contributed by atoms with Gasteiger partial charge in [-0.2, -0.15) is 4.99 Å². The lowest BCUT2D eigenvalue weighted by Gasteiger charge is -2.04. The molecule has 0 aromatic carbocycles. The number of nitrogens with zero attached hydrogens (tertiary/aromatic N) is 4. The SMILES string of the molecule is C#CCOC(=O)n1nc(S(C)(=O)=O)sc1=NC(=O)N(C)C. The summed E-state index contributed by atoms with van der Waals surface area (Å²) in [6, 6.07) is -0.683. The zero-order valence-corrected chi connectivity index (χ0v) is 13.1. The number of ether oxygens (including phenoxy) is 1. The summed E-state index contributed by atoms with van der Waals surface area (Å²) >= 11 is 0.571. The molecule has 1 heterocycles. The molecule has 2 amide bonds. The zero-order chi connectivity index (χ0) is 16.2. The number of carbonyl (C=O) groups excluding carboxylic acids is 2. The minimum atomic E-state index is -3.66. The number of urea groups is 1. The molecule has 0 fully saturated rings. The highest BCUT2D eigenvalue weighted by Gasteiger charge is 2.20. The lowest BCUT2D eigenvalue weighted by molar-refractivity contribution is 0.157. The summed E-state index contributed by atoms with van der Waals surface area (Å²) in [5.41, 5.74) is 0. The molecular weight excluding hydrogens is 320 g/mol. The van der Waals surface area contributed by atoms with Crippen molar-refractivity contribution < 1.29 is 22.7 Å². The quantitative estimate of drug-likeness (QED) is 0.678. The third-order valence-corrected chi connectivity index (χ3v) is 4.46. The van der Waals surface area contributed by atoms with Gasteiger partial charge in [0.1, 0.15) is 0 Å². The van der Waals surface area contributed by atoms with E-state index in [-0.39, 0.29) is 15.7 Å². The average Bonchev–Trinajstić information content (AvgIpc) is 2.79. The molecule has 0 bridgehead atoms. The topological polar surface area (TPSA) is 111 Å². The highest BCUT2D eigenvalue weighted by Crippen LogP contribution is 2.08. The van der Waals surface area contributed by atoms with Crippen LogP contribution in [0.3, 0.4) is 0 Å². The molecule has 21 heavy (non-hydrogen) atoms. The summed E-state index contributed by atoms with van der Waals surface area (Å²) in [5.74, 6) is 2.08. The summed E-state index contributed by atoms with van der Waals surface area (Å²) in [4.78, 5) is 27.8. The van der Waals surface area contributed by atoms with Crippen LogP contribution < -0.4 is 4.80 Å². The van der Waals surface area contributed by atoms with E-state index in [1.54, 1.807) is 0 Å². The van der Waals surface area contributed by atoms with Gasteiger partial charge < -0.3 is 9.64 Å². The van der Waals surface area contributed by atoms with Crippen molar-refractivity contribution in [3.05, 3.63) is 4.80 Å². The van der Waals surface area contributed by atoms with Crippen LogP contribution >= 0.6 is 11.3 Å². The van der Waals surface area contributed by atoms with Crippen molar-refractivity contribution in [2.75, 3.05) is 27.0 Å². The van der Waals surface area contributed by atoms with Crippen molar-refractivity contribution in [1.82, 2.24) is 14.7 Å². The third-order valence-electron chi connectivity index (χ3n) is 1.88. The molecule has 0 unspecified atom stereocenters. The maximum atomic E-state index is 11.7. The normalized spacial score (nSPS) is 11.8. The molecule has 1 aromatic rings. The molecule has 0 spiro atoms. The van der Waals surface area contributed by atoms with Crippen LogP contribution in [0.4, 0.5) is 9.59 Å². The van der Waals surface area contributed by atoms with Gasteiger partial charge in [-0.3, -0.25) is 0 Å². The molecule has 0 aliphatic heterocycles. The van der Waals surface area contributed by atoms with Crippen LogP contribution in [0.1, 0.15) is 0 Å². The molecule has 0 atom stereocenters. The molecule has 0 aliphatic carbocycles. The maximum Gasteiger partial charge on any atom is 0.438 e. The zero-order valence-electron chi connectivity index (χ0n) is 11.4. The van der Waals surface area contributed by atoms with Gasteiger partial charge in [-0.15, -0.1) is 16.2 Å². The third kappa shape index (κ3) is 4.40. The van der Waals surface area contributed by atoms with E-state index in [2.05, 4.69) is 20.7 Å². The smallest absolute Gasteiger partial charge is 0.435 e. The maximum absolute atomic E-state index is 11.7. The number of amides is 2. The Labute approximate surface area is 124 Å². The lowest BCUT2D eigenvalue weighted by Crippen LogP contribution is -2.29. The second-order valence-corrected chi connectivity index (χ2v) is 7.03. The Morgan fingerprint density at radius 3 is 2.62 bits per heavy atom. The fourth-order valence-corrected chi connectivity index (χ4v) is 2.61. The Hall–Kier alpha value is -2.19. The van der Waals surface area contributed by atoms with Crippen LogP contribution in [0, 0.1) is 12.3 Å². The van der Waals surface area contributed by atoms with E-state index in [0.717, 1.165) is 11.2 Å². The highest BCUT2D eigenvalue weighted by molar-refractivity contribution is 7.92. The highest BCUT2D eigenvalue weighted by atomic mass is 32.2. The summed E-state index contributed by atoms with van der Waals surface area (Å²) in [7, 11) is -0.761. The van der Waals surface area contributed by atoms with Gasteiger partial charge in [0.25, 0.3) is 0 Å². The van der Waals surface area contributed by atoms with Gasteiger partial charge in [0.2, 0.25) is 19.0 Å². The second kappa shape index (κ2) is 6.51. The molecule has 1 aromatic heterocycles. The van der Waals surface area contributed by atoms with Crippen LogP contribution in [-0.4, -0.2) is 62.2 Å². The van der Waals surface area contributed by atoms with Crippen molar-refractivity contribution in [1.29, 1.82) is 0 Å². The molecule has 11 heteroatoms. The number of rotatable bonds is 2. The summed E-state index contributed by atoms with van der Waals surface area (Å²) in [6.07, 6.45) is 4.85. The molecular formula is C10H12N4O5S2. The van der Waals surface area contributed by atoms with Crippen LogP contribution in [-0.2, 0) is 14.6 Å². The van der Waals surface area contributed by atoms with E-state index in [1.165, 1.54) is 14.1 Å². The van der Waals surface area contributed by atoms with Gasteiger partial charge in [0.05, 0.1) is 0 Å². The summed E-state index contributed by atoms with van der Waals surface area (Å²) < 4.78 is 27.8. The van der Waals surface area contributed by atoms with E-state index in [4.69, 9.17) is 6.42 Å². The first kappa shape index (κ1) is 16.9. The molecule has 0 radical (unpaired) electrons. The Bertz CT molecular complexity index is 766. The summed E-state index contributed by atoms with van der Waals surface area (Å²) in [6.45, 7) is -0.321. The molecule has 0 N–H and O–H groups in total. The standard InChI is InChI=1S/C10H12N4O5S2/c1-5-6-19-10(16)14-8(11-7(15)13(2)3)20-9(12-14)21(4,17)18/h1H,6H2,2-4H3. The molecule has 114 valence electrons. The minimum Gasteiger partial charge on any atom is -0.435 e. The van der Waals surface area contributed by atoms with Crippen LogP contribution in [0.25, 0.3) is 0 Å². The van der Waals surface area contributed by atoms with Crippen molar-refractivity contribution >= 4 is 33.3 Å².